The molecule has 0 spiro atoms. The number of aromatic hydroxyl groups is 1. The van der Waals surface area contributed by atoms with Gasteiger partial charge in [-0.3, -0.25) is 0 Å². The maximum atomic E-state index is 9.37. The molecule has 0 fully saturated rings. The van der Waals surface area contributed by atoms with E-state index in [0.717, 1.165) is 13.9 Å². The number of pyridine rings is 1. The summed E-state index contributed by atoms with van der Waals surface area (Å²) in [6.07, 6.45) is 1.35. The van der Waals surface area contributed by atoms with Crippen LogP contribution >= 0.6 is 38.9 Å². The van der Waals surface area contributed by atoms with Gasteiger partial charge in [0.2, 0.25) is 0 Å². The van der Waals surface area contributed by atoms with Gasteiger partial charge in [0.15, 0.2) is 0 Å². The fourth-order valence-corrected chi connectivity index (χ4v) is 2.71. The molecule has 0 aliphatic carbocycles. The molecule has 0 radical (unpaired) electrons. The number of halogens is 2. The van der Waals surface area contributed by atoms with Gasteiger partial charge in [0, 0.05) is 5.39 Å². The lowest BCUT2D eigenvalue weighted by atomic mass is 10.3. The summed E-state index contributed by atoms with van der Waals surface area (Å²) < 4.78 is 1.74. The molecule has 2 nitrogen and oxygen atoms in total. The van der Waals surface area contributed by atoms with Crippen molar-refractivity contribution in [3.8, 4) is 5.75 Å². The second kappa shape index (κ2) is 2.87. The first-order valence-corrected chi connectivity index (χ1v) is 5.10. The molecule has 0 aliphatic heterocycles. The average Bonchev–Trinajstić information content (AvgIpc) is 2.41. The van der Waals surface area contributed by atoms with E-state index in [2.05, 4.69) is 20.9 Å². The first kappa shape index (κ1) is 8.29. The molecule has 0 saturated heterocycles. The Kier molecular flexibility index (Phi) is 1.98. The van der Waals surface area contributed by atoms with Crippen molar-refractivity contribution in [3.63, 3.8) is 0 Å². The fraction of sp³-hybridized carbons (Fsp3) is 0. The van der Waals surface area contributed by atoms with Gasteiger partial charge in [-0.25, -0.2) is 4.98 Å². The minimum atomic E-state index is 0.163. The van der Waals surface area contributed by atoms with E-state index in [1.165, 1.54) is 17.5 Å². The maximum Gasteiger partial charge on any atom is 0.147 e. The van der Waals surface area contributed by atoms with Gasteiger partial charge in [-0.2, -0.15) is 0 Å². The van der Waals surface area contributed by atoms with Crippen LogP contribution in [0.15, 0.2) is 16.0 Å². The SMILES string of the molecule is Oc1cnc(Cl)c2sc(Br)cc12. The lowest BCUT2D eigenvalue weighted by Gasteiger charge is -1.94. The number of hydrogen-bond acceptors (Lipinski definition) is 3. The Morgan fingerprint density at radius 2 is 2.33 bits per heavy atom. The van der Waals surface area contributed by atoms with Crippen LogP contribution in [0.3, 0.4) is 0 Å². The van der Waals surface area contributed by atoms with E-state index in [9.17, 15) is 5.11 Å². The van der Waals surface area contributed by atoms with Crippen molar-refractivity contribution < 1.29 is 5.11 Å². The quantitative estimate of drug-likeness (QED) is 0.740. The van der Waals surface area contributed by atoms with E-state index in [1.54, 1.807) is 0 Å². The highest BCUT2D eigenvalue weighted by Crippen LogP contribution is 2.37. The van der Waals surface area contributed by atoms with Crippen molar-refractivity contribution >= 4 is 49.0 Å². The van der Waals surface area contributed by atoms with Gasteiger partial charge < -0.3 is 5.11 Å². The molecular formula is C7H3BrClNOS. The van der Waals surface area contributed by atoms with Crippen molar-refractivity contribution in [1.82, 2.24) is 4.98 Å². The zero-order valence-electron chi connectivity index (χ0n) is 5.71. The van der Waals surface area contributed by atoms with Crippen molar-refractivity contribution in [2.24, 2.45) is 0 Å². The summed E-state index contributed by atoms with van der Waals surface area (Å²) in [5, 5.41) is 10.5. The number of thiophene rings is 1. The van der Waals surface area contributed by atoms with Crippen LogP contribution in [0.4, 0.5) is 0 Å². The molecule has 62 valence electrons. The molecule has 2 aromatic heterocycles. The van der Waals surface area contributed by atoms with Crippen molar-refractivity contribution in [2.75, 3.05) is 0 Å². The number of hydrogen-bond donors (Lipinski definition) is 1. The smallest absolute Gasteiger partial charge is 0.147 e. The molecule has 2 rings (SSSR count). The molecule has 1 N–H and O–H groups in total. The van der Waals surface area contributed by atoms with Crippen LogP contribution < -0.4 is 0 Å². The molecule has 2 heterocycles. The maximum absolute atomic E-state index is 9.37. The van der Waals surface area contributed by atoms with Gasteiger partial charge in [0.25, 0.3) is 0 Å². The topological polar surface area (TPSA) is 33.1 Å². The Morgan fingerprint density at radius 3 is 3.00 bits per heavy atom. The van der Waals surface area contributed by atoms with Gasteiger partial charge in [0.05, 0.1) is 14.7 Å². The minimum Gasteiger partial charge on any atom is -0.506 e. The van der Waals surface area contributed by atoms with E-state index in [-0.39, 0.29) is 5.75 Å². The number of rotatable bonds is 0. The molecule has 5 heteroatoms. The van der Waals surface area contributed by atoms with Gasteiger partial charge in [-0.1, -0.05) is 11.6 Å². The summed E-state index contributed by atoms with van der Waals surface area (Å²) in [6.45, 7) is 0. The van der Waals surface area contributed by atoms with E-state index < -0.39 is 0 Å². The van der Waals surface area contributed by atoms with Gasteiger partial charge in [0.1, 0.15) is 10.9 Å². The Hall–Kier alpha value is -0.320. The summed E-state index contributed by atoms with van der Waals surface area (Å²) in [4.78, 5) is 3.83. The molecule has 0 bridgehead atoms. The molecule has 0 atom stereocenters. The summed E-state index contributed by atoms with van der Waals surface area (Å²) in [6, 6.07) is 1.82. The third kappa shape index (κ3) is 1.20. The van der Waals surface area contributed by atoms with Crippen LogP contribution in [0.1, 0.15) is 0 Å². The minimum absolute atomic E-state index is 0.163. The first-order chi connectivity index (χ1) is 5.68. The lowest BCUT2D eigenvalue weighted by molar-refractivity contribution is 0.479. The van der Waals surface area contributed by atoms with E-state index >= 15 is 0 Å². The molecule has 2 aromatic rings. The second-order valence-corrected chi connectivity index (χ2v) is 5.02. The summed E-state index contributed by atoms with van der Waals surface area (Å²) in [5.74, 6) is 0.163. The van der Waals surface area contributed by atoms with Crippen LogP contribution in [0.5, 0.6) is 5.75 Å². The Bertz CT molecular complexity index is 403. The van der Waals surface area contributed by atoms with E-state index in [0.29, 0.717) is 5.15 Å². The number of fused-ring (bicyclic) bond motifs is 1. The van der Waals surface area contributed by atoms with Gasteiger partial charge in [-0.05, 0) is 22.0 Å². The highest BCUT2D eigenvalue weighted by molar-refractivity contribution is 9.11. The van der Waals surface area contributed by atoms with Gasteiger partial charge in [-0.15, -0.1) is 11.3 Å². The number of aromatic nitrogens is 1. The van der Waals surface area contributed by atoms with Crippen molar-refractivity contribution in [2.45, 2.75) is 0 Å². The highest BCUT2D eigenvalue weighted by atomic mass is 79.9. The normalized spacial score (nSPS) is 10.8. The second-order valence-electron chi connectivity index (χ2n) is 2.23. The third-order valence-electron chi connectivity index (χ3n) is 1.47. The fourth-order valence-electron chi connectivity index (χ4n) is 0.950. The molecule has 0 aromatic carbocycles. The largest absolute Gasteiger partial charge is 0.506 e. The molecule has 0 aliphatic rings. The summed E-state index contributed by atoms with van der Waals surface area (Å²) in [5.41, 5.74) is 0. The van der Waals surface area contributed by atoms with E-state index in [4.69, 9.17) is 11.6 Å². The zero-order valence-corrected chi connectivity index (χ0v) is 8.87. The Morgan fingerprint density at radius 1 is 1.58 bits per heavy atom. The predicted octanol–water partition coefficient (Wildman–Crippen LogP) is 3.42. The average molecular weight is 265 g/mol. The van der Waals surface area contributed by atoms with Crippen molar-refractivity contribution in [1.29, 1.82) is 0 Å². The van der Waals surface area contributed by atoms with Gasteiger partial charge >= 0.3 is 0 Å². The Labute approximate surface area is 85.9 Å². The highest BCUT2D eigenvalue weighted by Gasteiger charge is 2.08. The number of nitrogens with zero attached hydrogens (tertiary/aromatic N) is 1. The van der Waals surface area contributed by atoms with E-state index in [1.807, 2.05) is 6.07 Å². The third-order valence-corrected chi connectivity index (χ3v) is 3.51. The molecule has 0 unspecified atom stereocenters. The molecular weight excluding hydrogens is 262 g/mol. The molecule has 0 amide bonds. The standard InChI is InChI=1S/C7H3BrClNOS/c8-5-1-3-4(11)2-10-7(9)6(3)12-5/h1-2,11H. The molecule has 0 saturated carbocycles. The van der Waals surface area contributed by atoms with Crippen molar-refractivity contribution in [3.05, 3.63) is 21.2 Å². The van der Waals surface area contributed by atoms with Crippen LogP contribution in [0, 0.1) is 0 Å². The lowest BCUT2D eigenvalue weighted by Crippen LogP contribution is -1.73. The van der Waals surface area contributed by atoms with Crippen LogP contribution in [-0.2, 0) is 0 Å². The summed E-state index contributed by atoms with van der Waals surface area (Å²) in [7, 11) is 0. The van der Waals surface area contributed by atoms with Crippen LogP contribution in [0.25, 0.3) is 10.1 Å². The predicted molar refractivity (Wildman–Crippen MR) is 54.0 cm³/mol. The zero-order chi connectivity index (χ0) is 8.72. The Balaban J connectivity index is 2.93. The first-order valence-electron chi connectivity index (χ1n) is 3.11. The monoisotopic (exact) mass is 263 g/mol. The van der Waals surface area contributed by atoms with Crippen LogP contribution in [-0.4, -0.2) is 10.1 Å². The van der Waals surface area contributed by atoms with Crippen LogP contribution in [0.2, 0.25) is 5.15 Å². The summed E-state index contributed by atoms with van der Waals surface area (Å²) >= 11 is 10.6. The molecule has 12 heavy (non-hydrogen) atoms.